The molecule has 3 heteroatoms. The van der Waals surface area contributed by atoms with Crippen molar-refractivity contribution in [1.29, 1.82) is 0 Å². The summed E-state index contributed by atoms with van der Waals surface area (Å²) < 4.78 is 0. The fourth-order valence-corrected chi connectivity index (χ4v) is 0. The van der Waals surface area contributed by atoms with E-state index in [1.54, 1.807) is 26.4 Å². The van der Waals surface area contributed by atoms with Gasteiger partial charge in [0.15, 0.2) is 0 Å². The average Bonchev–Trinajstić information content (AvgIpc) is 1.88. The zero-order valence-corrected chi connectivity index (χ0v) is 7.61. The first-order valence-corrected chi connectivity index (χ1v) is 2.53. The van der Waals surface area contributed by atoms with Crippen LogP contribution in [0.5, 0.6) is 0 Å². The second-order valence-electron chi connectivity index (χ2n) is 0.996. The molecule has 0 unspecified atom stereocenters. The van der Waals surface area contributed by atoms with Gasteiger partial charge < -0.3 is 17.0 Å². The summed E-state index contributed by atoms with van der Waals surface area (Å²) in [4.78, 5) is 18.1. The molecular weight excluding hydrogens is 175 g/mol. The van der Waals surface area contributed by atoms with E-state index < -0.39 is 0 Å². The Morgan fingerprint density at radius 3 is 1.10 bits per heavy atom. The van der Waals surface area contributed by atoms with Crippen molar-refractivity contribution >= 4 is 12.6 Å². The van der Waals surface area contributed by atoms with Crippen molar-refractivity contribution < 1.29 is 26.4 Å². The van der Waals surface area contributed by atoms with Crippen LogP contribution in [0.2, 0.25) is 0 Å². The molecule has 0 aromatic rings. The molecule has 0 aliphatic carbocycles. The van der Waals surface area contributed by atoms with Gasteiger partial charge in [-0.3, -0.25) is 12.6 Å². The van der Waals surface area contributed by atoms with Gasteiger partial charge in [0, 0.05) is 0 Å². The standard InChI is InChI=1S/2C3H5O.CH3.Co/c2*1-2-3-4;;/h2*2H2,1H3;1H3;/q3*-1;+3. The van der Waals surface area contributed by atoms with Crippen LogP contribution in [-0.2, 0) is 26.4 Å². The van der Waals surface area contributed by atoms with E-state index in [4.69, 9.17) is 9.59 Å². The number of rotatable bonds is 2. The maximum Gasteiger partial charge on any atom is 3.00 e. The molecule has 62 valence electrons. The third-order valence-corrected chi connectivity index (χ3v) is 0.289. The van der Waals surface area contributed by atoms with Crippen molar-refractivity contribution in [3.63, 3.8) is 0 Å². The van der Waals surface area contributed by atoms with Crippen molar-refractivity contribution in [3.05, 3.63) is 7.43 Å². The molecule has 0 aromatic heterocycles. The van der Waals surface area contributed by atoms with E-state index in [1.807, 2.05) is 0 Å². The number of hydrogen-bond donors (Lipinski definition) is 0. The van der Waals surface area contributed by atoms with Gasteiger partial charge in [-0.05, 0) is 0 Å². The molecule has 0 aliphatic heterocycles. The Balaban J connectivity index is -0.0000000300. The molecule has 0 bridgehead atoms. The molecule has 0 radical (unpaired) electrons. The first-order chi connectivity index (χ1) is 3.83. The summed E-state index contributed by atoms with van der Waals surface area (Å²) in [7, 11) is 0. The zero-order chi connectivity index (χ0) is 6.83. The maximum atomic E-state index is 9.05. The minimum absolute atomic E-state index is 0. The van der Waals surface area contributed by atoms with Gasteiger partial charge in [-0.25, -0.2) is 0 Å². The fourth-order valence-electron chi connectivity index (χ4n) is 0. The molecular formula is C7H13CoO2. The Hall–Kier alpha value is -0.154. The van der Waals surface area contributed by atoms with Gasteiger partial charge in [0.1, 0.15) is 0 Å². The van der Waals surface area contributed by atoms with E-state index in [9.17, 15) is 0 Å². The predicted molar refractivity (Wildman–Crippen MR) is 38.4 cm³/mol. The van der Waals surface area contributed by atoms with E-state index in [0.717, 1.165) is 0 Å². The van der Waals surface area contributed by atoms with Crippen LogP contribution in [0.4, 0.5) is 0 Å². The summed E-state index contributed by atoms with van der Waals surface area (Å²) in [6, 6.07) is 0. The molecule has 0 N–H and O–H groups in total. The second kappa shape index (κ2) is 36.8. The average molecular weight is 188 g/mol. The predicted octanol–water partition coefficient (Wildman–Crippen LogP) is 1.46. The van der Waals surface area contributed by atoms with Crippen LogP contribution >= 0.6 is 0 Å². The molecule has 0 saturated carbocycles. The molecule has 0 spiro atoms. The quantitative estimate of drug-likeness (QED) is 0.615. The number of carbonyl (C=O) groups excluding carboxylic acids is 2. The minimum Gasteiger partial charge on any atom is -0.542 e. The third-order valence-electron chi connectivity index (χ3n) is 0.289. The van der Waals surface area contributed by atoms with Gasteiger partial charge in [-0.2, -0.15) is 12.8 Å². The van der Waals surface area contributed by atoms with Gasteiger partial charge >= 0.3 is 16.8 Å². The number of hydrogen-bond acceptors (Lipinski definition) is 2. The molecule has 0 aromatic carbocycles. The van der Waals surface area contributed by atoms with Crippen LogP contribution < -0.4 is 0 Å². The molecule has 2 nitrogen and oxygen atoms in total. The van der Waals surface area contributed by atoms with Gasteiger partial charge in [-0.15, -0.1) is 0 Å². The summed E-state index contributed by atoms with van der Waals surface area (Å²) in [5.74, 6) is 0. The Morgan fingerprint density at radius 2 is 1.10 bits per heavy atom. The topological polar surface area (TPSA) is 34.1 Å². The summed E-state index contributed by atoms with van der Waals surface area (Å²) in [6.45, 7) is 3.51. The van der Waals surface area contributed by atoms with Crippen molar-refractivity contribution in [2.45, 2.75) is 26.7 Å². The molecule has 0 rings (SSSR count). The minimum atomic E-state index is 0. The van der Waals surface area contributed by atoms with E-state index in [0.29, 0.717) is 12.8 Å². The van der Waals surface area contributed by atoms with Crippen LogP contribution in [0.15, 0.2) is 0 Å². The Labute approximate surface area is 73.6 Å². The molecule has 0 saturated heterocycles. The van der Waals surface area contributed by atoms with Crippen molar-refractivity contribution in [1.82, 2.24) is 0 Å². The first-order valence-electron chi connectivity index (χ1n) is 2.53. The van der Waals surface area contributed by atoms with Crippen LogP contribution in [0.25, 0.3) is 0 Å². The molecule has 0 fully saturated rings. The Morgan fingerprint density at radius 1 is 1.00 bits per heavy atom. The van der Waals surface area contributed by atoms with Crippen molar-refractivity contribution in [2.75, 3.05) is 0 Å². The second-order valence-corrected chi connectivity index (χ2v) is 0.996. The van der Waals surface area contributed by atoms with Crippen LogP contribution in [0.3, 0.4) is 0 Å². The van der Waals surface area contributed by atoms with E-state index in [2.05, 4.69) is 0 Å². The SMILES string of the molecule is CC[C-]=O.CC[C-]=O.[CH3-].[Co+3]. The molecule has 0 aliphatic rings. The van der Waals surface area contributed by atoms with Gasteiger partial charge in [-0.1, -0.05) is 13.8 Å². The van der Waals surface area contributed by atoms with Gasteiger partial charge in [0.2, 0.25) is 0 Å². The largest absolute Gasteiger partial charge is 3.00 e. The molecule has 0 heterocycles. The zero-order valence-electron chi connectivity index (χ0n) is 6.56. The van der Waals surface area contributed by atoms with Crippen LogP contribution in [0.1, 0.15) is 26.7 Å². The fraction of sp³-hybridized carbons (Fsp3) is 0.571. The molecule has 10 heavy (non-hydrogen) atoms. The van der Waals surface area contributed by atoms with Gasteiger partial charge in [0.05, 0.1) is 0 Å². The Bertz CT molecular complexity index is 47.6. The van der Waals surface area contributed by atoms with Crippen molar-refractivity contribution in [3.8, 4) is 0 Å². The van der Waals surface area contributed by atoms with Crippen molar-refractivity contribution in [2.24, 2.45) is 0 Å². The smallest absolute Gasteiger partial charge is 0.542 e. The molecule has 0 atom stereocenters. The van der Waals surface area contributed by atoms with E-state index >= 15 is 0 Å². The molecule has 0 amide bonds. The van der Waals surface area contributed by atoms with Gasteiger partial charge in [0.25, 0.3) is 0 Å². The third kappa shape index (κ3) is 108. The summed E-state index contributed by atoms with van der Waals surface area (Å²) in [6.07, 6.45) is 4.39. The van der Waals surface area contributed by atoms with E-state index in [-0.39, 0.29) is 24.2 Å². The Kier molecular flexibility index (Phi) is 83.0. The monoisotopic (exact) mass is 188 g/mol. The van der Waals surface area contributed by atoms with Crippen LogP contribution in [0, 0.1) is 7.43 Å². The van der Waals surface area contributed by atoms with Crippen LogP contribution in [-0.4, -0.2) is 12.6 Å². The first kappa shape index (κ1) is 22.5. The summed E-state index contributed by atoms with van der Waals surface area (Å²) >= 11 is 0. The summed E-state index contributed by atoms with van der Waals surface area (Å²) in [5.41, 5.74) is 0. The normalized spacial score (nSPS) is 5.00. The maximum absolute atomic E-state index is 9.05. The van der Waals surface area contributed by atoms with E-state index in [1.165, 1.54) is 0 Å². The summed E-state index contributed by atoms with van der Waals surface area (Å²) in [5, 5.41) is 0.